The fourth-order valence-electron chi connectivity index (χ4n) is 4.60. The van der Waals surface area contributed by atoms with E-state index in [4.69, 9.17) is 14.2 Å². The Morgan fingerprint density at radius 1 is 0.944 bits per heavy atom. The zero-order valence-corrected chi connectivity index (χ0v) is 21.6. The van der Waals surface area contributed by atoms with E-state index < -0.39 is 0 Å². The highest BCUT2D eigenvalue weighted by molar-refractivity contribution is 5.91. The minimum absolute atomic E-state index is 0.124. The number of nitrogens with one attached hydrogen (secondary N) is 1. The van der Waals surface area contributed by atoms with Crippen LogP contribution in [0.25, 0.3) is 5.82 Å². The van der Waals surface area contributed by atoms with Crippen LogP contribution in [0.1, 0.15) is 42.6 Å². The number of nitrogens with zero attached hydrogens (tertiary/aromatic N) is 5. The third kappa shape index (κ3) is 5.37. The number of rotatable bonds is 9. The van der Waals surface area contributed by atoms with Crippen molar-refractivity contribution >= 4 is 17.4 Å². The van der Waals surface area contributed by atoms with E-state index >= 15 is 0 Å². The van der Waals surface area contributed by atoms with Crippen molar-refractivity contribution in [2.24, 2.45) is 0 Å². The summed E-state index contributed by atoms with van der Waals surface area (Å²) in [5.41, 5.74) is 3.42. The van der Waals surface area contributed by atoms with Gasteiger partial charge in [0.05, 0.1) is 27.0 Å². The second-order valence-electron chi connectivity index (χ2n) is 8.82. The number of methoxy groups -OCH3 is 3. The molecule has 0 atom stereocenters. The topological polar surface area (TPSA) is 104 Å². The zero-order valence-electron chi connectivity index (χ0n) is 21.6. The van der Waals surface area contributed by atoms with Crippen LogP contribution in [-0.2, 0) is 11.2 Å². The highest BCUT2D eigenvalue weighted by Gasteiger charge is 2.18. The number of ether oxygens (including phenoxy) is 3. The molecular weight excluding hydrogens is 460 g/mol. The van der Waals surface area contributed by atoms with Crippen molar-refractivity contribution in [2.75, 3.05) is 44.6 Å². The molecule has 1 N–H and O–H groups in total. The summed E-state index contributed by atoms with van der Waals surface area (Å²) in [5, 5.41) is 16.5. The molecule has 0 unspecified atom stereocenters. The summed E-state index contributed by atoms with van der Waals surface area (Å²) in [6.07, 6.45) is 4.50. The molecule has 1 aliphatic rings. The van der Waals surface area contributed by atoms with Crippen LogP contribution in [0.3, 0.4) is 0 Å². The number of piperidine rings is 1. The van der Waals surface area contributed by atoms with E-state index in [9.17, 15) is 4.79 Å². The number of benzene rings is 1. The Morgan fingerprint density at radius 3 is 2.17 bits per heavy atom. The van der Waals surface area contributed by atoms with Gasteiger partial charge in [-0.15, -0.1) is 10.2 Å². The van der Waals surface area contributed by atoms with Crippen molar-refractivity contribution < 1.29 is 19.0 Å². The number of amides is 1. The first-order valence-corrected chi connectivity index (χ1v) is 12.2. The van der Waals surface area contributed by atoms with Crippen molar-refractivity contribution in [3.05, 3.63) is 41.2 Å². The Balaban J connectivity index is 1.43. The molecule has 10 heteroatoms. The van der Waals surface area contributed by atoms with Crippen molar-refractivity contribution in [1.29, 1.82) is 0 Å². The standard InChI is InChI=1S/C26H34N6O4/c1-17-20(9-12-25(33)27-19-15-21(34-3)26(36-5)22(16-19)35-4)18(2)32(30-17)24-11-10-23(28-29-24)31-13-7-6-8-14-31/h10-11,15-16H,6-9,12-14H2,1-5H3,(H,27,33). The van der Waals surface area contributed by atoms with Gasteiger partial charge in [0.1, 0.15) is 0 Å². The summed E-state index contributed by atoms with van der Waals surface area (Å²) >= 11 is 0. The van der Waals surface area contributed by atoms with Crippen LogP contribution >= 0.6 is 0 Å². The van der Waals surface area contributed by atoms with Gasteiger partial charge in [-0.3, -0.25) is 4.79 Å². The summed E-state index contributed by atoms with van der Waals surface area (Å²) in [6.45, 7) is 5.99. The Bertz CT molecular complexity index is 1180. The van der Waals surface area contributed by atoms with E-state index in [1.807, 2.05) is 26.0 Å². The first-order chi connectivity index (χ1) is 17.4. The average molecular weight is 495 g/mol. The van der Waals surface area contributed by atoms with Crippen LogP contribution in [0.4, 0.5) is 11.5 Å². The number of carbonyl (C=O) groups is 1. The van der Waals surface area contributed by atoms with Gasteiger partial charge in [-0.05, 0) is 57.2 Å². The number of aromatic nitrogens is 4. The Hall–Kier alpha value is -3.82. The first kappa shape index (κ1) is 25.3. The lowest BCUT2D eigenvalue weighted by atomic mass is 10.1. The normalized spacial score (nSPS) is 13.4. The van der Waals surface area contributed by atoms with Gasteiger partial charge in [-0.1, -0.05) is 0 Å². The van der Waals surface area contributed by atoms with Crippen LogP contribution in [0.5, 0.6) is 17.2 Å². The maximum Gasteiger partial charge on any atom is 0.224 e. The molecule has 36 heavy (non-hydrogen) atoms. The molecule has 1 aliphatic heterocycles. The molecule has 1 amide bonds. The Morgan fingerprint density at radius 2 is 1.58 bits per heavy atom. The molecule has 3 aromatic rings. The fraction of sp³-hybridized carbons (Fsp3) is 0.462. The molecule has 2 aromatic heterocycles. The lowest BCUT2D eigenvalue weighted by Crippen LogP contribution is -2.30. The van der Waals surface area contributed by atoms with E-state index in [1.165, 1.54) is 40.6 Å². The maximum atomic E-state index is 12.7. The third-order valence-corrected chi connectivity index (χ3v) is 6.53. The van der Waals surface area contributed by atoms with Gasteiger partial charge in [0.2, 0.25) is 11.7 Å². The van der Waals surface area contributed by atoms with E-state index in [1.54, 1.807) is 16.8 Å². The molecule has 4 rings (SSSR count). The second-order valence-corrected chi connectivity index (χ2v) is 8.82. The van der Waals surface area contributed by atoms with Crippen molar-refractivity contribution in [2.45, 2.75) is 46.0 Å². The molecule has 1 fully saturated rings. The number of hydrogen-bond acceptors (Lipinski definition) is 8. The predicted octanol–water partition coefficient (Wildman–Crippen LogP) is 3.87. The molecule has 0 radical (unpaired) electrons. The number of carbonyl (C=O) groups excluding carboxylic acids is 1. The molecule has 0 aliphatic carbocycles. The molecule has 10 nitrogen and oxygen atoms in total. The zero-order chi connectivity index (χ0) is 25.7. The van der Waals surface area contributed by atoms with Gasteiger partial charge >= 0.3 is 0 Å². The SMILES string of the molecule is COc1cc(NC(=O)CCc2c(C)nn(-c3ccc(N4CCCCC4)nn3)c2C)cc(OC)c1OC. The Labute approximate surface area is 211 Å². The van der Waals surface area contributed by atoms with Crippen LogP contribution in [0.15, 0.2) is 24.3 Å². The minimum atomic E-state index is -0.124. The summed E-state index contributed by atoms with van der Waals surface area (Å²) in [5.74, 6) is 2.89. The molecule has 0 bridgehead atoms. The molecule has 3 heterocycles. The average Bonchev–Trinajstić information content (AvgIpc) is 3.20. The number of anilines is 2. The third-order valence-electron chi connectivity index (χ3n) is 6.53. The van der Waals surface area contributed by atoms with Crippen LogP contribution in [0, 0.1) is 13.8 Å². The monoisotopic (exact) mass is 494 g/mol. The van der Waals surface area contributed by atoms with E-state index in [0.29, 0.717) is 41.6 Å². The van der Waals surface area contributed by atoms with Gasteiger partial charge in [0, 0.05) is 43.0 Å². The quantitative estimate of drug-likeness (QED) is 0.478. The summed E-state index contributed by atoms with van der Waals surface area (Å²) in [6, 6.07) is 7.38. The van der Waals surface area contributed by atoms with E-state index in [2.05, 4.69) is 25.5 Å². The summed E-state index contributed by atoms with van der Waals surface area (Å²) in [4.78, 5) is 15.0. The molecule has 1 aromatic carbocycles. The fourth-order valence-corrected chi connectivity index (χ4v) is 4.60. The lowest BCUT2D eigenvalue weighted by molar-refractivity contribution is -0.116. The van der Waals surface area contributed by atoms with Crippen molar-refractivity contribution in [3.8, 4) is 23.1 Å². The molecule has 1 saturated heterocycles. The number of hydrogen-bond donors (Lipinski definition) is 1. The van der Waals surface area contributed by atoms with Gasteiger partial charge in [0.15, 0.2) is 23.1 Å². The maximum absolute atomic E-state index is 12.7. The highest BCUT2D eigenvalue weighted by atomic mass is 16.5. The van der Waals surface area contributed by atoms with Gasteiger partial charge in [0.25, 0.3) is 0 Å². The molecule has 0 saturated carbocycles. The summed E-state index contributed by atoms with van der Waals surface area (Å²) < 4.78 is 17.9. The van der Waals surface area contributed by atoms with E-state index in [-0.39, 0.29) is 5.91 Å². The van der Waals surface area contributed by atoms with Crippen LogP contribution in [0.2, 0.25) is 0 Å². The van der Waals surface area contributed by atoms with Crippen molar-refractivity contribution in [1.82, 2.24) is 20.0 Å². The smallest absolute Gasteiger partial charge is 0.224 e. The van der Waals surface area contributed by atoms with E-state index in [0.717, 1.165) is 35.9 Å². The summed E-state index contributed by atoms with van der Waals surface area (Å²) in [7, 11) is 4.62. The second kappa shape index (κ2) is 11.3. The molecule has 0 spiro atoms. The minimum Gasteiger partial charge on any atom is -0.493 e. The van der Waals surface area contributed by atoms with Gasteiger partial charge in [-0.2, -0.15) is 5.10 Å². The predicted molar refractivity (Wildman–Crippen MR) is 138 cm³/mol. The van der Waals surface area contributed by atoms with Crippen LogP contribution < -0.4 is 24.4 Å². The molecular formula is C26H34N6O4. The van der Waals surface area contributed by atoms with Crippen molar-refractivity contribution in [3.63, 3.8) is 0 Å². The first-order valence-electron chi connectivity index (χ1n) is 12.2. The highest BCUT2D eigenvalue weighted by Crippen LogP contribution is 2.40. The van der Waals surface area contributed by atoms with Crippen LogP contribution in [-0.4, -0.2) is 60.3 Å². The Kier molecular flexibility index (Phi) is 7.92. The number of aryl methyl sites for hydroxylation is 1. The lowest BCUT2D eigenvalue weighted by Gasteiger charge is -2.27. The largest absolute Gasteiger partial charge is 0.493 e. The van der Waals surface area contributed by atoms with Gasteiger partial charge in [-0.25, -0.2) is 4.68 Å². The molecule has 192 valence electrons. The van der Waals surface area contributed by atoms with Gasteiger partial charge < -0.3 is 24.4 Å².